The van der Waals surface area contributed by atoms with E-state index in [2.05, 4.69) is 132 Å². The molecular formula is C69H116N2O4S. The first kappa shape index (κ1) is 68.8. The Labute approximate surface area is 470 Å². The Morgan fingerprint density at radius 3 is 0.829 bits per heavy atom. The normalized spacial score (nSPS) is 11.8. The molecule has 3 aromatic rings. The third-order valence-electron chi connectivity index (χ3n) is 15.2. The Bertz CT molecular complexity index is 1830. The molecule has 6 nitrogen and oxygen atoms in total. The molecule has 1 aromatic heterocycles. The van der Waals surface area contributed by atoms with E-state index in [1.807, 2.05) is 0 Å². The molecule has 0 saturated carbocycles. The molecule has 1 heterocycles. The van der Waals surface area contributed by atoms with Gasteiger partial charge in [0.15, 0.2) is 12.4 Å². The van der Waals surface area contributed by atoms with Crippen molar-refractivity contribution >= 4 is 40.4 Å². The number of benzene rings is 2. The van der Waals surface area contributed by atoms with E-state index in [9.17, 15) is 13.0 Å². The number of nitrogens with zero attached hydrogens (tertiary/aromatic N) is 2. The second-order valence-electron chi connectivity index (χ2n) is 22.1. The van der Waals surface area contributed by atoms with Crippen LogP contribution in [-0.4, -0.2) is 32.7 Å². The van der Waals surface area contributed by atoms with Crippen LogP contribution in [0.25, 0.3) is 24.3 Å². The van der Waals surface area contributed by atoms with Crippen molar-refractivity contribution in [1.82, 2.24) is 0 Å². The summed E-state index contributed by atoms with van der Waals surface area (Å²) in [5.41, 5.74) is 6.37. The Kier molecular flexibility index (Phi) is 45.3. The lowest BCUT2D eigenvalue weighted by atomic mass is 10.0. The largest absolute Gasteiger partial charge is 0.726 e. The zero-order valence-corrected chi connectivity index (χ0v) is 50.6. The van der Waals surface area contributed by atoms with Gasteiger partial charge in [-0.15, -0.1) is 0 Å². The van der Waals surface area contributed by atoms with E-state index in [0.29, 0.717) is 0 Å². The maximum absolute atomic E-state index is 9.45. The lowest BCUT2D eigenvalue weighted by Gasteiger charge is -2.25. The molecule has 0 radical (unpaired) electrons. The van der Waals surface area contributed by atoms with Crippen molar-refractivity contribution in [2.45, 2.75) is 291 Å². The molecule has 0 amide bonds. The van der Waals surface area contributed by atoms with Crippen molar-refractivity contribution < 1.29 is 21.7 Å². The summed E-state index contributed by atoms with van der Waals surface area (Å²) in [4.78, 5) is 2.71. The fourth-order valence-electron chi connectivity index (χ4n) is 10.3. The van der Waals surface area contributed by atoms with Crippen molar-refractivity contribution in [3.05, 3.63) is 95.3 Å². The minimum Gasteiger partial charge on any atom is -0.726 e. The molecule has 0 aliphatic rings. The summed E-state index contributed by atoms with van der Waals surface area (Å²) >= 11 is 0. The fraction of sp³-hybridized carbons (Fsp3) is 0.696. The minimum atomic E-state index is -4.42. The molecule has 76 heavy (non-hydrogen) atoms. The van der Waals surface area contributed by atoms with Gasteiger partial charge in [-0.3, -0.25) is 4.18 Å². The quantitative estimate of drug-likeness (QED) is 0.0185. The molecule has 7 heteroatoms. The average Bonchev–Trinajstić information content (AvgIpc) is 3.42. The number of rotatable bonds is 50. The van der Waals surface area contributed by atoms with Crippen LogP contribution in [0.2, 0.25) is 0 Å². The summed E-state index contributed by atoms with van der Waals surface area (Å²) in [5.74, 6) is 0. The molecule has 0 atom stereocenters. The van der Waals surface area contributed by atoms with Gasteiger partial charge in [-0.2, -0.15) is 0 Å². The molecule has 0 spiro atoms. The predicted molar refractivity (Wildman–Crippen MR) is 333 cm³/mol. The van der Waals surface area contributed by atoms with Crippen molar-refractivity contribution in [3.8, 4) is 0 Å². The van der Waals surface area contributed by atoms with Gasteiger partial charge in [0.05, 0.1) is 6.61 Å². The first-order valence-corrected chi connectivity index (χ1v) is 33.5. The molecule has 0 bridgehead atoms. The number of hydrogen-bond acceptors (Lipinski definition) is 5. The Morgan fingerprint density at radius 1 is 0.368 bits per heavy atom. The third-order valence-corrected chi connectivity index (χ3v) is 15.8. The van der Waals surface area contributed by atoms with Gasteiger partial charge < -0.3 is 9.45 Å². The van der Waals surface area contributed by atoms with Crippen LogP contribution in [0.5, 0.6) is 0 Å². The van der Waals surface area contributed by atoms with Crippen LogP contribution in [0.1, 0.15) is 307 Å². The highest BCUT2D eigenvalue weighted by molar-refractivity contribution is 7.80. The van der Waals surface area contributed by atoms with E-state index in [4.69, 9.17) is 0 Å². The summed E-state index contributed by atoms with van der Waals surface area (Å²) in [6, 6.07) is 22.6. The highest BCUT2D eigenvalue weighted by Crippen LogP contribution is 2.22. The lowest BCUT2D eigenvalue weighted by Crippen LogP contribution is -2.30. The lowest BCUT2D eigenvalue weighted by molar-refractivity contribution is -0.693. The van der Waals surface area contributed by atoms with E-state index in [-0.39, 0.29) is 6.61 Å². The van der Waals surface area contributed by atoms with Crippen LogP contribution in [0.4, 0.5) is 5.69 Å². The van der Waals surface area contributed by atoms with Gasteiger partial charge in [-0.1, -0.05) is 319 Å². The topological polar surface area (TPSA) is 73.5 Å². The molecule has 3 rings (SSSR count). The van der Waals surface area contributed by atoms with Crippen molar-refractivity contribution in [3.63, 3.8) is 0 Å². The highest BCUT2D eigenvalue weighted by Gasteiger charge is 2.08. The molecule has 2 aromatic carbocycles. The molecule has 432 valence electrons. The van der Waals surface area contributed by atoms with Crippen molar-refractivity contribution in [1.29, 1.82) is 0 Å². The average molecular weight is 1070 g/mol. The van der Waals surface area contributed by atoms with E-state index in [1.165, 1.54) is 305 Å². The molecule has 0 aliphatic carbocycles. The van der Waals surface area contributed by atoms with Gasteiger partial charge in [0.1, 0.15) is 6.54 Å². The summed E-state index contributed by atoms with van der Waals surface area (Å²) in [7, 11) is -4.42. The summed E-state index contributed by atoms with van der Waals surface area (Å²) < 4.78 is 34.2. The van der Waals surface area contributed by atoms with Crippen molar-refractivity contribution in [2.75, 3.05) is 24.6 Å². The van der Waals surface area contributed by atoms with E-state index in [0.717, 1.165) is 6.54 Å². The fourth-order valence-corrected chi connectivity index (χ4v) is 10.6. The van der Waals surface area contributed by atoms with E-state index < -0.39 is 10.4 Å². The summed E-state index contributed by atoms with van der Waals surface area (Å²) in [5, 5.41) is 0. The highest BCUT2D eigenvalue weighted by atomic mass is 32.3. The summed E-state index contributed by atoms with van der Waals surface area (Å²) in [6.45, 7) is 11.5. The van der Waals surface area contributed by atoms with Gasteiger partial charge in [0.25, 0.3) is 0 Å². The van der Waals surface area contributed by atoms with E-state index in [1.54, 1.807) is 0 Å². The molecule has 0 N–H and O–H groups in total. The van der Waals surface area contributed by atoms with Crippen molar-refractivity contribution in [2.24, 2.45) is 0 Å². The zero-order valence-electron chi connectivity index (χ0n) is 49.8. The molecule has 0 fully saturated rings. The molecule has 0 aliphatic heterocycles. The smallest absolute Gasteiger partial charge is 0.217 e. The van der Waals surface area contributed by atoms with Crippen LogP contribution >= 0.6 is 0 Å². The summed E-state index contributed by atoms with van der Waals surface area (Å²) in [6.07, 6.45) is 70.7. The van der Waals surface area contributed by atoms with Crippen LogP contribution in [-0.2, 0) is 21.1 Å². The Balaban J connectivity index is 0.00000263. The maximum Gasteiger partial charge on any atom is 0.217 e. The number of pyridine rings is 1. The molecule has 0 unspecified atom stereocenters. The van der Waals surface area contributed by atoms with Crippen LogP contribution in [0, 0.1) is 0 Å². The monoisotopic (exact) mass is 1070 g/mol. The number of unbranched alkanes of at least 4 members (excludes halogenated alkanes) is 38. The molecule has 0 saturated heterocycles. The van der Waals surface area contributed by atoms with Crippen LogP contribution < -0.4 is 9.47 Å². The van der Waals surface area contributed by atoms with Crippen LogP contribution in [0.3, 0.4) is 0 Å². The number of aromatic nitrogens is 1. The Hall–Kier alpha value is -3.26. The first-order valence-electron chi connectivity index (χ1n) is 32.2. The van der Waals surface area contributed by atoms with Gasteiger partial charge in [0.2, 0.25) is 10.4 Å². The van der Waals surface area contributed by atoms with Gasteiger partial charge in [-0.05, 0) is 61.1 Å². The predicted octanol–water partition coefficient (Wildman–Crippen LogP) is 21.3. The third kappa shape index (κ3) is 41.8. The van der Waals surface area contributed by atoms with Gasteiger partial charge >= 0.3 is 0 Å². The Morgan fingerprint density at radius 2 is 0.605 bits per heavy atom. The standard InChI is InChI=1S/C67H111N2.C2H6O4S/c1-4-7-9-11-13-15-17-19-21-23-25-27-29-31-33-35-37-39-41-43-59-69(60-44-42-40-38-36-34-32-30-28-26-24-22-20-18-16-14-12-10-8-5-2)67-55-53-65(54-56-67)50-49-63-45-47-64(48-46-63)51-52-66-57-61-68(6-3)62-58-66;1-2-6-7(3,4)5/h45-58,61-62H,4-44,59-60H2,1-3H3;2H2,1H3,(H,3,4,5)/q+1;/p-1. The first-order chi connectivity index (χ1) is 37.3. The second kappa shape index (κ2) is 50.0. The second-order valence-corrected chi connectivity index (χ2v) is 23.2. The number of aryl methyl sites for hydroxylation is 1. The minimum absolute atomic E-state index is 0.0914. The van der Waals surface area contributed by atoms with Gasteiger partial charge in [0, 0.05) is 30.9 Å². The van der Waals surface area contributed by atoms with Gasteiger partial charge in [-0.25, -0.2) is 13.0 Å². The molecular weight excluding hydrogens is 953 g/mol. The number of hydrogen-bond donors (Lipinski definition) is 0. The van der Waals surface area contributed by atoms with E-state index >= 15 is 0 Å². The van der Waals surface area contributed by atoms with Crippen LogP contribution in [0.15, 0.2) is 73.1 Å². The SMILES string of the molecule is CCCCCCCCCCCCCCCCCCCCCCN(CCCCCCCCCCCCCCCCCCCCCC)c1ccc(/C=C/c2ccc(/C=C/c3cc[n+](CC)cc3)cc2)cc1.CCOS(=O)(=O)[O-]. The number of anilines is 1. The maximum atomic E-state index is 9.45. The zero-order chi connectivity index (χ0) is 54.7.